The molecule has 0 bridgehead atoms. The summed E-state index contributed by atoms with van der Waals surface area (Å²) in [7, 11) is -3.42. The number of nitrogens with zero attached hydrogens (tertiary/aromatic N) is 2. The van der Waals surface area contributed by atoms with E-state index < -0.39 is 20.2 Å². The van der Waals surface area contributed by atoms with Gasteiger partial charge in [0.2, 0.25) is 5.91 Å². The third kappa shape index (κ3) is 10.5. The molecule has 10 nitrogen and oxygen atoms in total. The molecule has 0 aromatic heterocycles. The Morgan fingerprint density at radius 2 is 1.11 bits per heavy atom. The van der Waals surface area contributed by atoms with E-state index >= 15 is 0 Å². The number of hydrogen-bond donors (Lipinski definition) is 6. The predicted octanol–water partition coefficient (Wildman–Crippen LogP) is 4.22. The van der Waals surface area contributed by atoms with Crippen LogP contribution in [0.1, 0.15) is 42.0 Å². The summed E-state index contributed by atoms with van der Waals surface area (Å²) in [5.74, 6) is -1.17. The van der Waals surface area contributed by atoms with Gasteiger partial charge in [-0.2, -0.15) is 0 Å². The molecule has 0 radical (unpaired) electrons. The van der Waals surface area contributed by atoms with Crippen molar-refractivity contribution in [2.75, 3.05) is 19.6 Å². The Hall–Kier alpha value is -4.23. The van der Waals surface area contributed by atoms with Crippen molar-refractivity contribution in [2.45, 2.75) is 45.9 Å². The number of carboxylic acid groups (broad SMARTS) is 1. The Balaban J connectivity index is 1.58. The van der Waals surface area contributed by atoms with Gasteiger partial charge in [-0.25, -0.2) is 0 Å². The Morgan fingerprint density at radius 3 is 1.50 bits per heavy atom. The first-order valence-corrected chi connectivity index (χ1v) is 18.4. The minimum Gasteiger partial charge on any atom is -0.481 e. The molecule has 0 aliphatic rings. The van der Waals surface area contributed by atoms with Gasteiger partial charge in [-0.1, -0.05) is 90.4 Å². The van der Waals surface area contributed by atoms with E-state index in [1.54, 1.807) is 43.3 Å². The molecule has 0 fully saturated rings. The summed E-state index contributed by atoms with van der Waals surface area (Å²) >= 11 is 12.7. The summed E-state index contributed by atoms with van der Waals surface area (Å²) in [5, 5.41) is 58.0. The first kappa shape index (κ1) is 40.9. The molecule has 0 aliphatic heterocycles. The normalized spacial score (nSPS) is 11.4. The lowest BCUT2D eigenvalue weighted by Gasteiger charge is -2.28. The van der Waals surface area contributed by atoms with E-state index in [4.69, 9.17) is 23.2 Å². The van der Waals surface area contributed by atoms with Crippen molar-refractivity contribution in [3.05, 3.63) is 129 Å². The molecule has 6 N–H and O–H groups in total. The Labute approximate surface area is 325 Å². The summed E-state index contributed by atoms with van der Waals surface area (Å²) in [6.07, 6.45) is 0.485. The van der Waals surface area contributed by atoms with Crippen LogP contribution in [0.3, 0.4) is 0 Å². The van der Waals surface area contributed by atoms with Crippen LogP contribution >= 0.6 is 23.2 Å². The largest absolute Gasteiger partial charge is 0.488 e. The second-order valence-electron chi connectivity index (χ2n) is 13.4. The number of rotatable bonds is 18. The highest BCUT2D eigenvalue weighted by Crippen LogP contribution is 2.35. The van der Waals surface area contributed by atoms with Crippen LogP contribution in [-0.2, 0) is 35.8 Å². The number of carboxylic acids is 1. The molecule has 0 heterocycles. The number of nitrogens with one attached hydrogen (secondary N) is 1. The van der Waals surface area contributed by atoms with Crippen LogP contribution in [0.4, 0.5) is 0 Å². The first-order chi connectivity index (χ1) is 25.8. The molecular weight excluding hydrogens is 727 g/mol. The van der Waals surface area contributed by atoms with Gasteiger partial charge in [0, 0.05) is 61.4 Å². The second kappa shape index (κ2) is 18.9. The zero-order chi connectivity index (χ0) is 38.9. The maximum atomic E-state index is 12.2. The smallest absolute Gasteiger partial charge is 0.481 e. The second-order valence-corrected chi connectivity index (χ2v) is 14.3. The topological polar surface area (TPSA) is 154 Å². The van der Waals surface area contributed by atoms with Gasteiger partial charge in [0.1, 0.15) is 0 Å². The number of carbonyl (C=O) groups excluding carboxylic acids is 1. The summed E-state index contributed by atoms with van der Waals surface area (Å²) in [6, 6.07) is 25.9. The highest BCUT2D eigenvalue weighted by Gasteiger charge is 2.23. The van der Waals surface area contributed by atoms with E-state index in [0.29, 0.717) is 76.8 Å². The fourth-order valence-electron chi connectivity index (χ4n) is 6.84. The lowest BCUT2D eigenvalue weighted by Crippen LogP contribution is -2.36. The molecule has 1 amide bonds. The van der Waals surface area contributed by atoms with Gasteiger partial charge >= 0.3 is 20.2 Å². The van der Waals surface area contributed by atoms with Crippen molar-refractivity contribution in [1.29, 1.82) is 0 Å². The Bertz CT molecular complexity index is 2090. The number of fused-ring (bicyclic) bond motifs is 2. The van der Waals surface area contributed by atoms with Crippen LogP contribution in [-0.4, -0.2) is 80.7 Å². The molecule has 0 atom stereocenters. The van der Waals surface area contributed by atoms with Gasteiger partial charge in [0.15, 0.2) is 0 Å². The predicted molar refractivity (Wildman–Crippen MR) is 217 cm³/mol. The van der Waals surface area contributed by atoms with E-state index in [1.807, 2.05) is 41.3 Å². The molecule has 14 heteroatoms. The molecule has 54 heavy (non-hydrogen) atoms. The van der Waals surface area contributed by atoms with Gasteiger partial charge in [0.25, 0.3) is 0 Å². The number of carbonyl (C=O) groups is 2. The first-order valence-electron chi connectivity index (χ1n) is 17.6. The van der Waals surface area contributed by atoms with Crippen LogP contribution < -0.4 is 16.2 Å². The molecule has 0 unspecified atom stereocenters. The number of amides is 1. The minimum absolute atomic E-state index is 0.124. The highest BCUT2D eigenvalue weighted by molar-refractivity contribution is 6.59. The van der Waals surface area contributed by atoms with Gasteiger partial charge < -0.3 is 30.5 Å². The van der Waals surface area contributed by atoms with Gasteiger partial charge in [-0.05, 0) is 92.3 Å². The number of halogens is 2. The average molecular weight is 770 g/mol. The number of benzene rings is 5. The van der Waals surface area contributed by atoms with E-state index in [-0.39, 0.29) is 25.4 Å². The fourth-order valence-corrected chi connectivity index (χ4v) is 7.23. The van der Waals surface area contributed by atoms with E-state index in [2.05, 4.69) is 28.9 Å². The average Bonchev–Trinajstić information content (AvgIpc) is 3.13. The summed E-state index contributed by atoms with van der Waals surface area (Å²) in [5.41, 5.74) is 4.34. The Morgan fingerprint density at radius 1 is 0.685 bits per heavy atom. The lowest BCUT2D eigenvalue weighted by atomic mass is 9.77. The van der Waals surface area contributed by atoms with Crippen LogP contribution in [0.25, 0.3) is 21.5 Å². The zero-order valence-corrected chi connectivity index (χ0v) is 31.5. The van der Waals surface area contributed by atoms with E-state index in [9.17, 15) is 34.8 Å². The fraction of sp³-hybridized carbons (Fsp3) is 0.250. The minimum atomic E-state index is -1.73. The van der Waals surface area contributed by atoms with Crippen LogP contribution in [0.2, 0.25) is 10.0 Å². The van der Waals surface area contributed by atoms with Gasteiger partial charge in [-0.15, -0.1) is 0 Å². The van der Waals surface area contributed by atoms with E-state index in [1.165, 1.54) is 0 Å². The Kier molecular flexibility index (Phi) is 14.3. The van der Waals surface area contributed by atoms with Crippen molar-refractivity contribution in [2.24, 2.45) is 0 Å². The maximum absolute atomic E-state index is 12.2. The summed E-state index contributed by atoms with van der Waals surface area (Å²) < 4.78 is 0. The molecule has 5 rings (SSSR count). The third-order valence-corrected chi connectivity index (χ3v) is 9.91. The lowest BCUT2D eigenvalue weighted by molar-refractivity contribution is -0.137. The molecule has 0 saturated carbocycles. The van der Waals surface area contributed by atoms with Crippen molar-refractivity contribution >= 4 is 81.8 Å². The zero-order valence-electron chi connectivity index (χ0n) is 30.0. The molecule has 0 saturated heterocycles. The summed E-state index contributed by atoms with van der Waals surface area (Å²) in [4.78, 5) is 28.2. The quantitative estimate of drug-likeness (QED) is 0.0333. The molecule has 280 valence electrons. The van der Waals surface area contributed by atoms with Gasteiger partial charge in [-0.3, -0.25) is 19.4 Å². The van der Waals surface area contributed by atoms with E-state index in [0.717, 1.165) is 32.7 Å². The van der Waals surface area contributed by atoms with Crippen LogP contribution in [0.15, 0.2) is 97.1 Å². The van der Waals surface area contributed by atoms with Crippen molar-refractivity contribution in [3.8, 4) is 0 Å². The molecule has 5 aromatic rings. The summed E-state index contributed by atoms with van der Waals surface area (Å²) in [6.45, 7) is 7.92. The number of aliphatic carboxylic acids is 1. The van der Waals surface area contributed by atoms with Crippen molar-refractivity contribution < 1.29 is 34.8 Å². The monoisotopic (exact) mass is 769 g/mol. The standard InChI is InChI=1S/C40H43B2Cl2N3O7/c1-26(2)40(50)45-17-7-18-46(22-27-20-29(43)12-14-37(27)41(51)52)24-35-31-8-3-5-10-33(31)36(34-11-6-4-9-32(34)35)25-47(19-16-39(48)49)23-28-21-30(44)13-15-38(28)42(53)54/h3-6,8-15,20-21,51-54H,1,7,16-19,22-25H2,2H3,(H,45,50)(H,48,49). The molecular formula is C40H43B2Cl2N3O7. The SMILES string of the molecule is C=C(C)C(=O)NCCCN(Cc1cc(Cl)ccc1B(O)O)Cc1c2ccccc2c(CN(CCC(=O)O)Cc2cc(Cl)ccc2B(O)O)c2ccccc12. The number of hydrogen-bond acceptors (Lipinski definition) is 8. The van der Waals surface area contributed by atoms with Gasteiger partial charge in [0.05, 0.1) is 6.42 Å². The van der Waals surface area contributed by atoms with Crippen molar-refractivity contribution in [3.63, 3.8) is 0 Å². The highest BCUT2D eigenvalue weighted by atomic mass is 35.5. The van der Waals surface area contributed by atoms with Crippen LogP contribution in [0, 0.1) is 0 Å². The molecule has 5 aromatic carbocycles. The van der Waals surface area contributed by atoms with Crippen LogP contribution in [0.5, 0.6) is 0 Å². The molecule has 0 aliphatic carbocycles. The maximum Gasteiger partial charge on any atom is 0.488 e. The third-order valence-electron chi connectivity index (χ3n) is 9.44. The van der Waals surface area contributed by atoms with Crippen molar-refractivity contribution in [1.82, 2.24) is 15.1 Å². The molecule has 0 spiro atoms.